The van der Waals surface area contributed by atoms with Crippen molar-refractivity contribution in [1.29, 1.82) is 0 Å². The number of nitrogens with two attached hydrogens (primary N) is 3. The van der Waals surface area contributed by atoms with Gasteiger partial charge in [0.05, 0.1) is 40.6 Å². The van der Waals surface area contributed by atoms with Crippen LogP contribution in [0.4, 0.5) is 28.6 Å². The van der Waals surface area contributed by atoms with Gasteiger partial charge < -0.3 is 61.6 Å². The molecule has 2 aliphatic heterocycles. The lowest BCUT2D eigenvalue weighted by Gasteiger charge is -2.26. The number of hydrogen-bond donors (Lipinski definition) is 6. The van der Waals surface area contributed by atoms with Gasteiger partial charge in [0.2, 0.25) is 0 Å². The zero-order valence-corrected chi connectivity index (χ0v) is 45.0. The number of hydrogen-bond acceptors (Lipinski definition) is 16. The molecule has 18 nitrogen and oxygen atoms in total. The Bertz CT molecular complexity index is 3270. The van der Waals surface area contributed by atoms with Crippen molar-refractivity contribution in [2.75, 3.05) is 116 Å². The number of amides is 2. The highest BCUT2D eigenvalue weighted by Crippen LogP contribution is 2.35. The minimum absolute atomic E-state index is 0. The summed E-state index contributed by atoms with van der Waals surface area (Å²) in [6.07, 6.45) is 3.27. The highest BCUT2D eigenvalue weighted by atomic mass is 35.5. The average Bonchev–Trinajstić information content (AvgIpc) is 3.50. The second-order valence-corrected chi connectivity index (χ2v) is 18.2. The van der Waals surface area contributed by atoms with E-state index in [1.165, 1.54) is 0 Å². The van der Waals surface area contributed by atoms with Crippen molar-refractivity contribution in [3.05, 3.63) is 162 Å². The molecule has 2 amide bonds. The number of nitrogens with zero attached hydrogens (tertiary/aromatic N) is 4. The standard InChI is InChI=1S/C29H31N5O4.C15H11ClN2O.C14H21N3O3.ClH/c1-36-23-17-20(29(35)32-10-11-34-12-14-37-15-13-34)16-21(18-23)33-28-19-22(8-9-31-28)38-27-7-6-26(30)24-4-2-3-5-25(24)27;16-15-9-10(7-8-18-15)19-14-6-5-13(17)11-3-1-2-4-12(11)14;1-19-13-9-11(8-12(15)10-13)14(18)16-2-3-17-4-6-20-7-5-17;/h2-9,16-19H,10-15,30H2,1H3,(H,31,33)(H,32,35);1-9H,17H2;8-10H,2-7,15H2,1H3,(H,16,18);1H. The van der Waals surface area contributed by atoms with Crippen molar-refractivity contribution in [2.24, 2.45) is 0 Å². The van der Waals surface area contributed by atoms with Gasteiger partial charge in [-0.05, 0) is 60.7 Å². The number of nitrogens with one attached hydrogen (secondary N) is 3. The number of aromatic nitrogens is 2. The third-order valence-electron chi connectivity index (χ3n) is 12.5. The molecule has 6 aromatic carbocycles. The van der Waals surface area contributed by atoms with Gasteiger partial charge in [-0.15, -0.1) is 12.4 Å². The maximum absolute atomic E-state index is 12.9. The van der Waals surface area contributed by atoms with Crippen LogP contribution in [0.5, 0.6) is 34.5 Å². The van der Waals surface area contributed by atoms with Crippen LogP contribution in [0.25, 0.3) is 21.5 Å². The van der Waals surface area contributed by atoms with E-state index >= 15 is 0 Å². The maximum Gasteiger partial charge on any atom is 0.251 e. The lowest BCUT2D eigenvalue weighted by atomic mass is 10.1. The van der Waals surface area contributed by atoms with Gasteiger partial charge in [-0.3, -0.25) is 19.4 Å². The molecule has 20 heteroatoms. The molecule has 2 saturated heterocycles. The van der Waals surface area contributed by atoms with E-state index in [4.69, 9.17) is 57.2 Å². The minimum atomic E-state index is -0.166. The van der Waals surface area contributed by atoms with E-state index in [-0.39, 0.29) is 24.2 Å². The highest BCUT2D eigenvalue weighted by Gasteiger charge is 2.16. The summed E-state index contributed by atoms with van der Waals surface area (Å²) in [7, 11) is 3.12. The van der Waals surface area contributed by atoms with Gasteiger partial charge in [-0.25, -0.2) is 9.97 Å². The van der Waals surface area contributed by atoms with Crippen LogP contribution in [0.2, 0.25) is 5.15 Å². The van der Waals surface area contributed by atoms with Crippen LogP contribution in [0.1, 0.15) is 20.7 Å². The van der Waals surface area contributed by atoms with Crippen LogP contribution in [0.3, 0.4) is 0 Å². The Kier molecular flexibility index (Phi) is 21.3. The first-order valence-electron chi connectivity index (χ1n) is 25.1. The molecule has 408 valence electrons. The number of pyridine rings is 2. The van der Waals surface area contributed by atoms with Crippen LogP contribution in [-0.2, 0) is 9.47 Å². The number of methoxy groups -OCH3 is 2. The van der Waals surface area contributed by atoms with Crippen LogP contribution < -0.4 is 52.1 Å². The van der Waals surface area contributed by atoms with E-state index < -0.39 is 0 Å². The normalized spacial score (nSPS) is 13.3. The Balaban J connectivity index is 0.000000186. The lowest BCUT2D eigenvalue weighted by Crippen LogP contribution is -2.41. The van der Waals surface area contributed by atoms with Gasteiger partial charge >= 0.3 is 0 Å². The van der Waals surface area contributed by atoms with Crippen molar-refractivity contribution in [2.45, 2.75) is 0 Å². The average molecular weight is 1100 g/mol. The summed E-state index contributed by atoms with van der Waals surface area (Å²) in [6.45, 7) is 9.37. The summed E-state index contributed by atoms with van der Waals surface area (Å²) in [5, 5.41) is 13.3. The fraction of sp³-hybridized carbons (Fsp3) is 0.241. The second kappa shape index (κ2) is 28.9. The second-order valence-electron chi connectivity index (χ2n) is 17.8. The highest BCUT2D eigenvalue weighted by molar-refractivity contribution is 6.29. The summed E-state index contributed by atoms with van der Waals surface area (Å²) in [4.78, 5) is 37.8. The molecule has 4 heterocycles. The first-order chi connectivity index (χ1) is 37.5. The van der Waals surface area contributed by atoms with Gasteiger partial charge in [0.15, 0.2) is 0 Å². The molecule has 0 atom stereocenters. The fourth-order valence-corrected chi connectivity index (χ4v) is 8.62. The van der Waals surface area contributed by atoms with Crippen molar-refractivity contribution in [3.63, 3.8) is 0 Å². The quantitative estimate of drug-likeness (QED) is 0.0390. The Morgan fingerprint density at radius 2 is 1.04 bits per heavy atom. The van der Waals surface area contributed by atoms with E-state index in [1.807, 2.05) is 78.9 Å². The monoisotopic (exact) mass is 1100 g/mol. The molecule has 0 bridgehead atoms. The molecule has 0 unspecified atom stereocenters. The number of benzene rings is 6. The SMILES string of the molecule is COc1cc(N)cc(C(=O)NCCN2CCOCC2)c1.COc1cc(Nc2cc(Oc3ccc(N)c4ccccc34)ccn2)cc(C(=O)NCCN2CCOCC2)c1.Cl.Nc1ccc(Oc2ccnc(Cl)c2)c2ccccc12. The molecule has 0 aliphatic carbocycles. The first-order valence-corrected chi connectivity index (χ1v) is 25.4. The van der Waals surface area contributed by atoms with E-state index in [2.05, 4.69) is 35.7 Å². The van der Waals surface area contributed by atoms with Gasteiger partial charge in [0.1, 0.15) is 45.5 Å². The predicted molar refractivity (Wildman–Crippen MR) is 310 cm³/mol. The summed E-state index contributed by atoms with van der Waals surface area (Å²) >= 11 is 5.84. The largest absolute Gasteiger partial charge is 0.497 e. The summed E-state index contributed by atoms with van der Waals surface area (Å²) in [5.74, 6) is 4.11. The minimum Gasteiger partial charge on any atom is -0.497 e. The molecule has 9 N–H and O–H groups in total. The lowest BCUT2D eigenvalue weighted by molar-refractivity contribution is 0.0382. The number of carbonyl (C=O) groups excluding carboxylic acids is 2. The Morgan fingerprint density at radius 1 is 0.564 bits per heavy atom. The molecule has 0 radical (unpaired) electrons. The molecule has 10 rings (SSSR count). The number of rotatable bonds is 16. The Hall–Kier alpha value is -8.10. The smallest absolute Gasteiger partial charge is 0.251 e. The number of carbonyl (C=O) groups is 2. The van der Waals surface area contributed by atoms with E-state index in [9.17, 15) is 9.59 Å². The number of morpholine rings is 2. The number of halogens is 2. The van der Waals surface area contributed by atoms with Crippen molar-refractivity contribution >= 4 is 85.9 Å². The topological polar surface area (TPSA) is 236 Å². The summed E-state index contributed by atoms with van der Waals surface area (Å²) in [6, 6.07) is 40.4. The third-order valence-corrected chi connectivity index (χ3v) is 12.7. The molecule has 8 aromatic rings. The van der Waals surface area contributed by atoms with Gasteiger partial charge in [0.25, 0.3) is 11.8 Å². The first kappa shape index (κ1) is 57.6. The fourth-order valence-electron chi connectivity index (χ4n) is 8.46. The van der Waals surface area contributed by atoms with Gasteiger partial charge in [-0.1, -0.05) is 60.1 Å². The number of anilines is 5. The molecule has 2 fully saturated rings. The summed E-state index contributed by atoms with van der Waals surface area (Å²) < 4.78 is 33.2. The van der Waals surface area contributed by atoms with Crippen molar-refractivity contribution in [3.8, 4) is 34.5 Å². The zero-order valence-electron chi connectivity index (χ0n) is 43.4. The molecule has 2 aromatic heterocycles. The number of nitrogen functional groups attached to an aromatic ring is 3. The molecule has 0 spiro atoms. The molecule has 78 heavy (non-hydrogen) atoms. The Labute approximate surface area is 464 Å². The Morgan fingerprint density at radius 3 is 1.55 bits per heavy atom. The number of fused-ring (bicyclic) bond motifs is 2. The zero-order chi connectivity index (χ0) is 53.9. The van der Waals surface area contributed by atoms with E-state index in [0.29, 0.717) is 81.0 Å². The predicted octanol–water partition coefficient (Wildman–Crippen LogP) is 9.45. The van der Waals surface area contributed by atoms with E-state index in [0.717, 1.165) is 98.7 Å². The molecular weight excluding hydrogens is 1040 g/mol. The molecular formula is C58H64Cl2N10O8. The van der Waals surface area contributed by atoms with Crippen molar-refractivity contribution < 1.29 is 38.0 Å². The van der Waals surface area contributed by atoms with Crippen LogP contribution in [0.15, 0.2) is 146 Å². The summed E-state index contributed by atoms with van der Waals surface area (Å²) in [5.41, 5.74) is 21.4. The van der Waals surface area contributed by atoms with Gasteiger partial charge in [-0.2, -0.15) is 0 Å². The third kappa shape index (κ3) is 16.5. The van der Waals surface area contributed by atoms with Crippen LogP contribution in [0, 0.1) is 0 Å². The molecule has 0 saturated carbocycles. The van der Waals surface area contributed by atoms with Crippen molar-refractivity contribution in [1.82, 2.24) is 30.4 Å². The van der Waals surface area contributed by atoms with Crippen LogP contribution >= 0.6 is 24.0 Å². The maximum atomic E-state index is 12.9. The van der Waals surface area contributed by atoms with E-state index in [1.54, 1.807) is 81.2 Å². The number of ether oxygens (including phenoxy) is 6. The van der Waals surface area contributed by atoms with Gasteiger partial charge in [0, 0.05) is 144 Å². The van der Waals surface area contributed by atoms with Crippen LogP contribution in [-0.4, -0.2) is 125 Å². The molecule has 2 aliphatic rings.